The summed E-state index contributed by atoms with van der Waals surface area (Å²) < 4.78 is 53.2. The third-order valence-corrected chi connectivity index (χ3v) is 7.39. The zero-order valence-electron chi connectivity index (χ0n) is 17.1. The van der Waals surface area contributed by atoms with Gasteiger partial charge in [-0.3, -0.25) is 4.79 Å². The number of aromatic nitrogens is 1. The second kappa shape index (κ2) is 9.60. The van der Waals surface area contributed by atoms with Crippen molar-refractivity contribution in [3.8, 4) is 11.3 Å². The van der Waals surface area contributed by atoms with Crippen LogP contribution in [0.15, 0.2) is 41.8 Å². The van der Waals surface area contributed by atoms with E-state index in [9.17, 15) is 22.4 Å². The standard InChI is InChI=1S/C23H18Cl2F4N2OS/c24-18-4-1-14(10-19(18)25)20-12-33-22(30-20)13-5-7-31(8-6-13)21(32)11-15-9-16(26)2-3-17(15)23(27,28)29/h1-4,9-10,12-13H,5-8,11H2. The summed E-state index contributed by atoms with van der Waals surface area (Å²) in [4.78, 5) is 18.9. The molecule has 3 aromatic rings. The number of piperidine rings is 1. The zero-order valence-corrected chi connectivity index (χ0v) is 19.5. The number of likely N-dealkylation sites (tertiary alicyclic amines) is 1. The molecule has 4 rings (SSSR count). The minimum Gasteiger partial charge on any atom is -0.342 e. The molecule has 0 bridgehead atoms. The van der Waals surface area contributed by atoms with Gasteiger partial charge in [-0.15, -0.1) is 11.3 Å². The number of hydrogen-bond donors (Lipinski definition) is 0. The molecule has 174 valence electrons. The van der Waals surface area contributed by atoms with Crippen LogP contribution in [0.2, 0.25) is 10.0 Å². The Morgan fingerprint density at radius 3 is 2.48 bits per heavy atom. The summed E-state index contributed by atoms with van der Waals surface area (Å²) in [6.45, 7) is 0.809. The Kier molecular flexibility index (Phi) is 6.98. The molecule has 0 spiro atoms. The highest BCUT2D eigenvalue weighted by molar-refractivity contribution is 7.10. The van der Waals surface area contributed by atoms with Crippen LogP contribution >= 0.6 is 34.5 Å². The van der Waals surface area contributed by atoms with Crippen LogP contribution < -0.4 is 0 Å². The molecule has 1 saturated heterocycles. The van der Waals surface area contributed by atoms with Crippen LogP contribution in [0.5, 0.6) is 0 Å². The lowest BCUT2D eigenvalue weighted by atomic mass is 9.96. The van der Waals surface area contributed by atoms with E-state index in [2.05, 4.69) is 0 Å². The van der Waals surface area contributed by atoms with E-state index in [4.69, 9.17) is 28.2 Å². The highest BCUT2D eigenvalue weighted by Crippen LogP contribution is 2.36. The van der Waals surface area contributed by atoms with E-state index in [1.54, 1.807) is 12.1 Å². The highest BCUT2D eigenvalue weighted by atomic mass is 35.5. The van der Waals surface area contributed by atoms with Gasteiger partial charge < -0.3 is 4.90 Å². The molecule has 0 N–H and O–H groups in total. The molecule has 2 heterocycles. The van der Waals surface area contributed by atoms with Crippen LogP contribution in [0.4, 0.5) is 17.6 Å². The minimum atomic E-state index is -4.65. The predicted octanol–water partition coefficient (Wildman–Crippen LogP) is 7.22. The van der Waals surface area contributed by atoms with Gasteiger partial charge in [0.25, 0.3) is 0 Å². The van der Waals surface area contributed by atoms with E-state index in [1.165, 1.54) is 16.2 Å². The zero-order chi connectivity index (χ0) is 23.8. The maximum Gasteiger partial charge on any atom is 0.416 e. The second-order valence-electron chi connectivity index (χ2n) is 7.83. The van der Waals surface area contributed by atoms with E-state index in [-0.39, 0.29) is 11.5 Å². The summed E-state index contributed by atoms with van der Waals surface area (Å²) in [5.41, 5.74) is 0.318. The Balaban J connectivity index is 1.40. The maximum absolute atomic E-state index is 13.5. The number of nitrogens with zero attached hydrogens (tertiary/aromatic N) is 2. The lowest BCUT2D eigenvalue weighted by molar-refractivity contribution is -0.138. The number of benzene rings is 2. The number of amides is 1. The van der Waals surface area contributed by atoms with Gasteiger partial charge >= 0.3 is 6.18 Å². The average Bonchev–Trinajstić information content (AvgIpc) is 3.25. The Morgan fingerprint density at radius 2 is 1.82 bits per heavy atom. The van der Waals surface area contributed by atoms with Gasteiger partial charge in [0.1, 0.15) is 5.82 Å². The summed E-state index contributed by atoms with van der Waals surface area (Å²) in [6, 6.07) is 7.53. The van der Waals surface area contributed by atoms with Crippen LogP contribution in [-0.2, 0) is 17.4 Å². The smallest absolute Gasteiger partial charge is 0.342 e. The number of thiazole rings is 1. The summed E-state index contributed by atoms with van der Waals surface area (Å²) in [5, 5.41) is 3.79. The molecule has 10 heteroatoms. The minimum absolute atomic E-state index is 0.149. The SMILES string of the molecule is O=C(Cc1cc(F)ccc1C(F)(F)F)N1CCC(c2nc(-c3ccc(Cl)c(Cl)c3)cs2)CC1. The molecule has 2 aromatic carbocycles. The van der Waals surface area contributed by atoms with E-state index in [1.807, 2.05) is 11.4 Å². The topological polar surface area (TPSA) is 33.2 Å². The lowest BCUT2D eigenvalue weighted by Gasteiger charge is -2.31. The third-order valence-electron chi connectivity index (χ3n) is 5.65. The normalized spacial score (nSPS) is 15.2. The molecule has 0 saturated carbocycles. The molecule has 1 aromatic heterocycles. The van der Waals surface area contributed by atoms with Crippen molar-refractivity contribution in [1.29, 1.82) is 0 Å². The Bertz CT molecular complexity index is 1170. The number of halogens is 6. The van der Waals surface area contributed by atoms with E-state index in [0.29, 0.717) is 42.0 Å². The van der Waals surface area contributed by atoms with Gasteiger partial charge in [0.05, 0.1) is 32.7 Å². The molecule has 0 radical (unpaired) electrons. The van der Waals surface area contributed by atoms with Gasteiger partial charge in [0.15, 0.2) is 0 Å². The van der Waals surface area contributed by atoms with Crippen LogP contribution in [0, 0.1) is 5.82 Å². The summed E-state index contributed by atoms with van der Waals surface area (Å²) in [6.07, 6.45) is -3.84. The molecular formula is C23H18Cl2F4N2OS. The monoisotopic (exact) mass is 516 g/mol. The summed E-state index contributed by atoms with van der Waals surface area (Å²) in [5.74, 6) is -1.10. The molecule has 1 fully saturated rings. The molecule has 1 aliphatic heterocycles. The molecule has 0 aliphatic carbocycles. The predicted molar refractivity (Wildman–Crippen MR) is 121 cm³/mol. The van der Waals surface area contributed by atoms with Crippen molar-refractivity contribution in [2.75, 3.05) is 13.1 Å². The molecule has 33 heavy (non-hydrogen) atoms. The molecular weight excluding hydrogens is 499 g/mol. The van der Waals surface area contributed by atoms with Crippen molar-refractivity contribution < 1.29 is 22.4 Å². The number of carbonyl (C=O) groups is 1. The molecule has 3 nitrogen and oxygen atoms in total. The highest BCUT2D eigenvalue weighted by Gasteiger charge is 2.34. The van der Waals surface area contributed by atoms with Gasteiger partial charge in [-0.1, -0.05) is 29.3 Å². The quantitative estimate of drug-likeness (QED) is 0.343. The third kappa shape index (κ3) is 5.50. The first-order valence-corrected chi connectivity index (χ1v) is 11.8. The van der Waals surface area contributed by atoms with E-state index in [0.717, 1.165) is 28.4 Å². The lowest BCUT2D eigenvalue weighted by Crippen LogP contribution is -2.39. The number of alkyl halides is 3. The second-order valence-corrected chi connectivity index (χ2v) is 9.54. The average molecular weight is 517 g/mol. The van der Waals surface area contributed by atoms with Crippen LogP contribution in [-0.4, -0.2) is 28.9 Å². The first-order chi connectivity index (χ1) is 15.6. The van der Waals surface area contributed by atoms with Gasteiger partial charge in [-0.05, 0) is 48.7 Å². The van der Waals surface area contributed by atoms with Crippen molar-refractivity contribution in [1.82, 2.24) is 9.88 Å². The largest absolute Gasteiger partial charge is 0.416 e. The first-order valence-electron chi connectivity index (χ1n) is 10.2. The number of hydrogen-bond acceptors (Lipinski definition) is 3. The summed E-state index contributed by atoms with van der Waals surface area (Å²) in [7, 11) is 0. The molecule has 0 atom stereocenters. The fourth-order valence-electron chi connectivity index (χ4n) is 3.90. The summed E-state index contributed by atoms with van der Waals surface area (Å²) >= 11 is 13.6. The fraction of sp³-hybridized carbons (Fsp3) is 0.304. The van der Waals surface area contributed by atoms with E-state index < -0.39 is 29.9 Å². The van der Waals surface area contributed by atoms with Crippen molar-refractivity contribution in [3.63, 3.8) is 0 Å². The van der Waals surface area contributed by atoms with Gasteiger partial charge in [-0.2, -0.15) is 13.2 Å². The fourth-order valence-corrected chi connectivity index (χ4v) is 5.20. The van der Waals surface area contributed by atoms with Gasteiger partial charge in [-0.25, -0.2) is 9.37 Å². The molecule has 0 unspecified atom stereocenters. The van der Waals surface area contributed by atoms with Crippen molar-refractivity contribution in [2.45, 2.75) is 31.4 Å². The number of rotatable bonds is 4. The van der Waals surface area contributed by atoms with E-state index >= 15 is 0 Å². The van der Waals surface area contributed by atoms with Crippen LogP contribution in [0.25, 0.3) is 11.3 Å². The Morgan fingerprint density at radius 1 is 1.09 bits per heavy atom. The Hall–Kier alpha value is -2.16. The van der Waals surface area contributed by atoms with Crippen molar-refractivity contribution in [2.24, 2.45) is 0 Å². The van der Waals surface area contributed by atoms with Crippen LogP contribution in [0.1, 0.15) is 34.9 Å². The Labute approximate surface area is 202 Å². The van der Waals surface area contributed by atoms with Gasteiger partial charge in [0.2, 0.25) is 5.91 Å². The van der Waals surface area contributed by atoms with Gasteiger partial charge in [0, 0.05) is 30.0 Å². The number of carbonyl (C=O) groups excluding carboxylic acids is 1. The van der Waals surface area contributed by atoms with Crippen LogP contribution in [0.3, 0.4) is 0 Å². The first kappa shape index (κ1) is 24.0. The van der Waals surface area contributed by atoms with Crippen molar-refractivity contribution in [3.05, 3.63) is 73.8 Å². The molecule has 1 amide bonds. The van der Waals surface area contributed by atoms with Crippen molar-refractivity contribution >= 4 is 40.4 Å². The molecule has 1 aliphatic rings. The maximum atomic E-state index is 13.5.